The summed E-state index contributed by atoms with van der Waals surface area (Å²) in [5.74, 6) is -1.68. The number of benzene rings is 2. The Hall–Kier alpha value is -3.16. The van der Waals surface area contributed by atoms with Crippen LogP contribution in [-0.4, -0.2) is 29.2 Å². The molecular weight excluding hydrogens is 375 g/mol. The number of hydrogen-bond donors (Lipinski definition) is 0. The van der Waals surface area contributed by atoms with E-state index < -0.39 is 29.5 Å². The minimum Gasteiger partial charge on any atom is -0.461 e. The Balaban J connectivity index is 1.56. The fraction of sp³-hybridized carbons (Fsp3) is 0.250. The first kappa shape index (κ1) is 19.6. The molecule has 2 aromatic carbocycles. The first-order valence-electron chi connectivity index (χ1n) is 8.45. The van der Waals surface area contributed by atoms with Gasteiger partial charge in [0.05, 0.1) is 23.1 Å². The molecule has 1 aliphatic rings. The third kappa shape index (κ3) is 4.05. The number of imide groups is 1. The predicted molar refractivity (Wildman–Crippen MR) is 92.4 cm³/mol. The minimum absolute atomic E-state index is 0.160. The van der Waals surface area contributed by atoms with Crippen LogP contribution in [-0.2, 0) is 22.3 Å². The molecule has 146 valence electrons. The molecule has 0 N–H and O–H groups in total. The maximum Gasteiger partial charge on any atom is 0.416 e. The van der Waals surface area contributed by atoms with Crippen molar-refractivity contribution in [2.75, 3.05) is 6.54 Å². The second kappa shape index (κ2) is 7.46. The molecule has 0 spiro atoms. The molecule has 0 saturated heterocycles. The number of ether oxygens (including phenoxy) is 1. The van der Waals surface area contributed by atoms with Crippen molar-refractivity contribution >= 4 is 17.8 Å². The highest BCUT2D eigenvalue weighted by atomic mass is 19.4. The second-order valence-electron chi connectivity index (χ2n) is 6.42. The Kier molecular flexibility index (Phi) is 5.22. The number of fused-ring (bicyclic) bond motifs is 1. The summed E-state index contributed by atoms with van der Waals surface area (Å²) >= 11 is 0. The van der Waals surface area contributed by atoms with Crippen LogP contribution in [0.5, 0.6) is 0 Å². The van der Waals surface area contributed by atoms with Crippen LogP contribution in [0.25, 0.3) is 0 Å². The fourth-order valence-electron chi connectivity index (χ4n) is 2.88. The topological polar surface area (TPSA) is 63.7 Å². The standard InChI is InChI=1S/C20H16F3NO4/c1-12-5-6-15-16(9-12)19(27)24(18(15)26)8-7-17(25)28-11-13-3-2-4-14(10-13)20(21,22)23/h2-6,9-10H,7-8,11H2,1H3. The molecule has 0 aliphatic carbocycles. The number of esters is 1. The molecule has 28 heavy (non-hydrogen) atoms. The normalized spacial score (nSPS) is 13.6. The van der Waals surface area contributed by atoms with E-state index in [9.17, 15) is 27.6 Å². The molecule has 3 rings (SSSR count). The predicted octanol–water partition coefficient (Wildman–Crippen LogP) is 3.74. The number of carbonyl (C=O) groups excluding carboxylic acids is 3. The maximum atomic E-state index is 12.7. The van der Waals surface area contributed by atoms with Gasteiger partial charge in [-0.25, -0.2) is 0 Å². The van der Waals surface area contributed by atoms with Crippen molar-refractivity contribution in [3.63, 3.8) is 0 Å². The number of rotatable bonds is 5. The largest absolute Gasteiger partial charge is 0.461 e. The lowest BCUT2D eigenvalue weighted by Crippen LogP contribution is -2.32. The van der Waals surface area contributed by atoms with Crippen molar-refractivity contribution < 1.29 is 32.3 Å². The fourth-order valence-corrected chi connectivity index (χ4v) is 2.88. The van der Waals surface area contributed by atoms with Crippen LogP contribution >= 0.6 is 0 Å². The molecule has 2 aromatic rings. The van der Waals surface area contributed by atoms with E-state index in [0.717, 1.165) is 22.6 Å². The molecule has 1 heterocycles. The van der Waals surface area contributed by atoms with Gasteiger partial charge in [0.1, 0.15) is 6.61 Å². The van der Waals surface area contributed by atoms with Gasteiger partial charge in [-0.1, -0.05) is 23.8 Å². The Bertz CT molecular complexity index is 953. The number of hydrogen-bond acceptors (Lipinski definition) is 4. The summed E-state index contributed by atoms with van der Waals surface area (Å²) in [6.07, 6.45) is -4.73. The van der Waals surface area contributed by atoms with Crippen LogP contribution in [0.15, 0.2) is 42.5 Å². The zero-order valence-corrected chi connectivity index (χ0v) is 14.9. The lowest BCUT2D eigenvalue weighted by atomic mass is 10.1. The van der Waals surface area contributed by atoms with Crippen LogP contribution in [0.1, 0.15) is 43.8 Å². The van der Waals surface area contributed by atoms with Gasteiger partial charge >= 0.3 is 12.1 Å². The maximum absolute atomic E-state index is 12.7. The summed E-state index contributed by atoms with van der Waals surface area (Å²) in [4.78, 5) is 37.5. The minimum atomic E-state index is -4.48. The number of carbonyl (C=O) groups is 3. The molecule has 1 aliphatic heterocycles. The summed E-state index contributed by atoms with van der Waals surface area (Å²) in [6, 6.07) is 9.37. The van der Waals surface area contributed by atoms with E-state index in [1.165, 1.54) is 12.1 Å². The van der Waals surface area contributed by atoms with Gasteiger partial charge in [0.25, 0.3) is 11.8 Å². The average Bonchev–Trinajstić information content (AvgIpc) is 2.88. The summed E-state index contributed by atoms with van der Waals surface area (Å²) in [7, 11) is 0. The van der Waals surface area contributed by atoms with Crippen molar-refractivity contribution in [3.8, 4) is 0 Å². The van der Waals surface area contributed by atoms with Crippen LogP contribution in [0.2, 0.25) is 0 Å². The number of nitrogens with zero attached hydrogens (tertiary/aromatic N) is 1. The Morgan fingerprint density at radius 2 is 1.75 bits per heavy atom. The zero-order chi connectivity index (χ0) is 20.5. The van der Waals surface area contributed by atoms with Crippen LogP contribution < -0.4 is 0 Å². The van der Waals surface area contributed by atoms with Crippen molar-refractivity contribution in [1.82, 2.24) is 4.90 Å². The van der Waals surface area contributed by atoms with E-state index in [1.54, 1.807) is 25.1 Å². The number of alkyl halides is 3. The van der Waals surface area contributed by atoms with Gasteiger partial charge in [0.2, 0.25) is 0 Å². The van der Waals surface area contributed by atoms with Gasteiger partial charge in [-0.2, -0.15) is 13.2 Å². The third-order valence-corrected chi connectivity index (χ3v) is 4.32. The van der Waals surface area contributed by atoms with Crippen molar-refractivity contribution in [3.05, 3.63) is 70.3 Å². The lowest BCUT2D eigenvalue weighted by molar-refractivity contribution is -0.145. The van der Waals surface area contributed by atoms with Gasteiger partial charge in [-0.15, -0.1) is 0 Å². The first-order chi connectivity index (χ1) is 13.2. The highest BCUT2D eigenvalue weighted by Gasteiger charge is 2.35. The molecule has 8 heteroatoms. The Morgan fingerprint density at radius 3 is 2.46 bits per heavy atom. The summed E-state index contributed by atoms with van der Waals surface area (Å²) in [6.45, 7) is 1.31. The molecular formula is C20H16F3NO4. The molecule has 0 unspecified atom stereocenters. The lowest BCUT2D eigenvalue weighted by Gasteiger charge is -2.13. The molecule has 0 radical (unpaired) electrons. The SMILES string of the molecule is Cc1ccc2c(c1)C(=O)N(CCC(=O)OCc1cccc(C(F)(F)F)c1)C2=O. The summed E-state index contributed by atoms with van der Waals surface area (Å²) < 4.78 is 43.0. The number of aryl methyl sites for hydroxylation is 1. The smallest absolute Gasteiger partial charge is 0.416 e. The molecule has 0 atom stereocenters. The zero-order valence-electron chi connectivity index (χ0n) is 14.9. The van der Waals surface area contributed by atoms with Crippen LogP contribution in [0.4, 0.5) is 13.2 Å². The third-order valence-electron chi connectivity index (χ3n) is 4.32. The van der Waals surface area contributed by atoms with Crippen LogP contribution in [0.3, 0.4) is 0 Å². The molecule has 0 aromatic heterocycles. The molecule has 5 nitrogen and oxygen atoms in total. The quantitative estimate of drug-likeness (QED) is 0.575. The summed E-state index contributed by atoms with van der Waals surface area (Å²) in [5.41, 5.74) is 0.777. The van der Waals surface area contributed by atoms with E-state index in [4.69, 9.17) is 4.74 Å². The van der Waals surface area contributed by atoms with E-state index in [1.807, 2.05) is 0 Å². The first-order valence-corrected chi connectivity index (χ1v) is 8.45. The Morgan fingerprint density at radius 1 is 1.04 bits per heavy atom. The number of amides is 2. The van der Waals surface area contributed by atoms with E-state index in [2.05, 4.69) is 0 Å². The van der Waals surface area contributed by atoms with Gasteiger partial charge in [0, 0.05) is 6.54 Å². The highest BCUT2D eigenvalue weighted by Crippen LogP contribution is 2.29. The van der Waals surface area contributed by atoms with Crippen molar-refractivity contribution in [2.24, 2.45) is 0 Å². The second-order valence-corrected chi connectivity index (χ2v) is 6.42. The summed E-state index contributed by atoms with van der Waals surface area (Å²) in [5, 5.41) is 0. The van der Waals surface area contributed by atoms with Gasteiger partial charge in [-0.05, 0) is 36.8 Å². The van der Waals surface area contributed by atoms with Crippen LogP contribution in [0, 0.1) is 6.92 Å². The number of halogens is 3. The van der Waals surface area contributed by atoms with Gasteiger partial charge < -0.3 is 4.74 Å². The van der Waals surface area contributed by atoms with E-state index in [0.29, 0.717) is 5.56 Å². The van der Waals surface area contributed by atoms with Gasteiger partial charge in [-0.3, -0.25) is 19.3 Å². The van der Waals surface area contributed by atoms with Crippen molar-refractivity contribution in [1.29, 1.82) is 0 Å². The molecule has 0 saturated carbocycles. The van der Waals surface area contributed by atoms with E-state index >= 15 is 0 Å². The van der Waals surface area contributed by atoms with Crippen molar-refractivity contribution in [2.45, 2.75) is 26.1 Å². The molecule has 0 fully saturated rings. The van der Waals surface area contributed by atoms with E-state index in [-0.39, 0.29) is 30.7 Å². The Labute approximate surface area is 158 Å². The monoisotopic (exact) mass is 391 g/mol. The molecule has 2 amide bonds. The van der Waals surface area contributed by atoms with Gasteiger partial charge in [0.15, 0.2) is 0 Å². The highest BCUT2D eigenvalue weighted by molar-refractivity contribution is 6.21. The average molecular weight is 391 g/mol. The molecule has 0 bridgehead atoms.